The summed E-state index contributed by atoms with van der Waals surface area (Å²) in [5.41, 5.74) is 0.333. The van der Waals surface area contributed by atoms with Gasteiger partial charge in [0.1, 0.15) is 19.0 Å². The van der Waals surface area contributed by atoms with Crippen LogP contribution in [0, 0.1) is 12.7 Å². The highest BCUT2D eigenvalue weighted by Gasteiger charge is 2.15. The van der Waals surface area contributed by atoms with Crippen molar-refractivity contribution in [2.24, 2.45) is 0 Å². The lowest BCUT2D eigenvalue weighted by molar-refractivity contribution is 0.163. The van der Waals surface area contributed by atoms with Crippen molar-refractivity contribution in [2.45, 2.75) is 20.8 Å². The summed E-state index contributed by atoms with van der Waals surface area (Å²) in [5.74, 6) is 0.420. The van der Waals surface area contributed by atoms with E-state index in [0.29, 0.717) is 30.5 Å². The highest BCUT2D eigenvalue weighted by atomic mass is 19.1. The first-order chi connectivity index (χ1) is 6.77. The van der Waals surface area contributed by atoms with Crippen LogP contribution in [-0.4, -0.2) is 18.2 Å². The number of aryl methyl sites for hydroxylation is 1. The molecule has 0 atom stereocenters. The van der Waals surface area contributed by atoms with Crippen molar-refractivity contribution in [3.63, 3.8) is 0 Å². The van der Waals surface area contributed by atoms with Gasteiger partial charge < -0.3 is 9.47 Å². The molecule has 2 rings (SSSR count). The Labute approximate surface area is 82.9 Å². The molecule has 0 spiro atoms. The lowest BCUT2D eigenvalue weighted by Gasteiger charge is -2.17. The molecular weight excluding hydrogens is 185 g/mol. The summed E-state index contributed by atoms with van der Waals surface area (Å²) in [5, 5.41) is 0. The maximum atomic E-state index is 12.9. The summed E-state index contributed by atoms with van der Waals surface area (Å²) in [7, 11) is 0. The number of ether oxygens (including phenoxy) is 2. The lowest BCUT2D eigenvalue weighted by Crippen LogP contribution is -2.17. The van der Waals surface area contributed by atoms with E-state index < -0.39 is 0 Å². The average molecular weight is 199 g/mol. The Kier molecular flexibility index (Phi) is 3.68. The fourth-order valence-electron chi connectivity index (χ4n) is 1.04. The smallest absolute Gasteiger partial charge is 0.257 e. The van der Waals surface area contributed by atoms with Crippen LogP contribution in [0.3, 0.4) is 0 Å². The zero-order valence-electron chi connectivity index (χ0n) is 8.63. The standard InChI is InChI=1S/C8H8FNO2.C2H6/c1-5-6(9)4-7-8(10-5)12-3-2-11-7;1-2/h4H,2-3H2,1H3;1-2H3. The molecule has 0 saturated heterocycles. The molecule has 2 heterocycles. The van der Waals surface area contributed by atoms with E-state index in [1.807, 2.05) is 13.8 Å². The summed E-state index contributed by atoms with van der Waals surface area (Å²) in [6.45, 7) is 6.52. The molecule has 14 heavy (non-hydrogen) atoms. The molecular formula is C10H14FNO2. The number of rotatable bonds is 0. The summed E-state index contributed by atoms with van der Waals surface area (Å²) in [6.07, 6.45) is 0. The van der Waals surface area contributed by atoms with E-state index in [9.17, 15) is 4.39 Å². The highest BCUT2D eigenvalue weighted by molar-refractivity contribution is 5.36. The van der Waals surface area contributed by atoms with Gasteiger partial charge in [-0.1, -0.05) is 13.8 Å². The molecule has 0 bridgehead atoms. The highest BCUT2D eigenvalue weighted by Crippen LogP contribution is 2.28. The monoisotopic (exact) mass is 199 g/mol. The molecule has 0 amide bonds. The van der Waals surface area contributed by atoms with Gasteiger partial charge in [0.2, 0.25) is 0 Å². The maximum absolute atomic E-state index is 12.9. The molecule has 0 aromatic carbocycles. The molecule has 1 aromatic heterocycles. The average Bonchev–Trinajstić information content (AvgIpc) is 2.23. The van der Waals surface area contributed by atoms with Gasteiger partial charge >= 0.3 is 0 Å². The molecule has 78 valence electrons. The van der Waals surface area contributed by atoms with Crippen LogP contribution in [-0.2, 0) is 0 Å². The van der Waals surface area contributed by atoms with Crippen LogP contribution in [0.2, 0.25) is 0 Å². The van der Waals surface area contributed by atoms with Crippen molar-refractivity contribution in [2.75, 3.05) is 13.2 Å². The molecule has 3 nitrogen and oxygen atoms in total. The predicted octanol–water partition coefficient (Wildman–Crippen LogP) is 2.33. The summed E-state index contributed by atoms with van der Waals surface area (Å²) in [6, 6.07) is 1.30. The number of aromatic nitrogens is 1. The number of halogens is 1. The van der Waals surface area contributed by atoms with Gasteiger partial charge in [-0.2, -0.15) is 0 Å². The molecule has 0 unspecified atom stereocenters. The normalized spacial score (nSPS) is 12.9. The quantitative estimate of drug-likeness (QED) is 0.642. The van der Waals surface area contributed by atoms with Crippen LogP contribution < -0.4 is 9.47 Å². The van der Waals surface area contributed by atoms with Crippen LogP contribution in [0.15, 0.2) is 6.07 Å². The SMILES string of the molecule is CC.Cc1nc2c(cc1F)OCCO2. The van der Waals surface area contributed by atoms with Gasteiger partial charge in [0.25, 0.3) is 5.88 Å². The van der Waals surface area contributed by atoms with Crippen molar-refractivity contribution in [3.05, 3.63) is 17.6 Å². The van der Waals surface area contributed by atoms with Crippen LogP contribution >= 0.6 is 0 Å². The molecule has 0 fully saturated rings. The predicted molar refractivity (Wildman–Crippen MR) is 51.3 cm³/mol. The van der Waals surface area contributed by atoms with Gasteiger partial charge in [-0.05, 0) is 6.92 Å². The number of pyridine rings is 1. The molecule has 0 N–H and O–H groups in total. The molecule has 1 aromatic rings. The second-order valence-electron chi connectivity index (χ2n) is 2.56. The van der Waals surface area contributed by atoms with E-state index in [0.717, 1.165) is 0 Å². The molecule has 0 aliphatic carbocycles. The summed E-state index contributed by atoms with van der Waals surface area (Å²) in [4.78, 5) is 3.89. The fourth-order valence-corrected chi connectivity index (χ4v) is 1.04. The Bertz CT molecular complexity index is 284. The van der Waals surface area contributed by atoms with Crippen molar-refractivity contribution in [1.29, 1.82) is 0 Å². The lowest BCUT2D eigenvalue weighted by atomic mass is 10.3. The van der Waals surface area contributed by atoms with E-state index in [4.69, 9.17) is 9.47 Å². The number of fused-ring (bicyclic) bond motifs is 1. The van der Waals surface area contributed by atoms with Crippen LogP contribution in [0.4, 0.5) is 4.39 Å². The third-order valence-corrected chi connectivity index (χ3v) is 1.66. The van der Waals surface area contributed by atoms with E-state index in [-0.39, 0.29) is 5.82 Å². The Morgan fingerprint density at radius 1 is 1.29 bits per heavy atom. The zero-order valence-corrected chi connectivity index (χ0v) is 8.63. The van der Waals surface area contributed by atoms with Gasteiger partial charge in [-0.3, -0.25) is 0 Å². The first kappa shape index (κ1) is 10.8. The van der Waals surface area contributed by atoms with Crippen molar-refractivity contribution in [3.8, 4) is 11.6 Å². The van der Waals surface area contributed by atoms with Crippen LogP contribution in [0.5, 0.6) is 11.6 Å². The van der Waals surface area contributed by atoms with Gasteiger partial charge in [0.05, 0.1) is 5.69 Å². The minimum atomic E-state index is -0.362. The Hall–Kier alpha value is -1.32. The summed E-state index contributed by atoms with van der Waals surface area (Å²) < 4.78 is 23.2. The molecule has 0 radical (unpaired) electrons. The third kappa shape index (κ3) is 2.13. The molecule has 0 saturated carbocycles. The number of hydrogen-bond donors (Lipinski definition) is 0. The second kappa shape index (κ2) is 4.79. The van der Waals surface area contributed by atoms with Gasteiger partial charge in [-0.25, -0.2) is 9.37 Å². The summed E-state index contributed by atoms with van der Waals surface area (Å²) >= 11 is 0. The Morgan fingerprint density at radius 2 is 1.93 bits per heavy atom. The number of hydrogen-bond acceptors (Lipinski definition) is 3. The zero-order chi connectivity index (χ0) is 10.6. The second-order valence-corrected chi connectivity index (χ2v) is 2.56. The fraction of sp³-hybridized carbons (Fsp3) is 0.500. The van der Waals surface area contributed by atoms with Crippen molar-refractivity contribution < 1.29 is 13.9 Å². The molecule has 4 heteroatoms. The molecule has 1 aliphatic rings. The van der Waals surface area contributed by atoms with Crippen LogP contribution in [0.1, 0.15) is 19.5 Å². The van der Waals surface area contributed by atoms with Crippen molar-refractivity contribution in [1.82, 2.24) is 4.98 Å². The first-order valence-electron chi connectivity index (χ1n) is 4.70. The van der Waals surface area contributed by atoms with Gasteiger partial charge in [0, 0.05) is 6.07 Å². The third-order valence-electron chi connectivity index (χ3n) is 1.66. The Morgan fingerprint density at radius 3 is 2.64 bits per heavy atom. The van der Waals surface area contributed by atoms with Crippen molar-refractivity contribution >= 4 is 0 Å². The van der Waals surface area contributed by atoms with E-state index in [1.165, 1.54) is 6.07 Å². The minimum Gasteiger partial charge on any atom is -0.484 e. The topological polar surface area (TPSA) is 31.4 Å². The number of nitrogens with zero attached hydrogens (tertiary/aromatic N) is 1. The van der Waals surface area contributed by atoms with Gasteiger partial charge in [0.15, 0.2) is 5.75 Å². The van der Waals surface area contributed by atoms with E-state index in [1.54, 1.807) is 6.92 Å². The minimum absolute atomic E-state index is 0.333. The van der Waals surface area contributed by atoms with E-state index >= 15 is 0 Å². The van der Waals surface area contributed by atoms with Gasteiger partial charge in [-0.15, -0.1) is 0 Å². The first-order valence-corrected chi connectivity index (χ1v) is 4.70. The maximum Gasteiger partial charge on any atom is 0.257 e. The van der Waals surface area contributed by atoms with E-state index in [2.05, 4.69) is 4.98 Å². The Balaban J connectivity index is 0.000000461. The largest absolute Gasteiger partial charge is 0.484 e. The van der Waals surface area contributed by atoms with Crippen LogP contribution in [0.25, 0.3) is 0 Å². The molecule has 1 aliphatic heterocycles.